The summed E-state index contributed by atoms with van der Waals surface area (Å²) in [6.07, 6.45) is 15.0. The third-order valence-corrected chi connectivity index (χ3v) is 31.7. The van der Waals surface area contributed by atoms with Gasteiger partial charge in [-0.15, -0.1) is 0 Å². The van der Waals surface area contributed by atoms with Gasteiger partial charge in [0.1, 0.15) is 0 Å². The number of fused-ring (bicyclic) bond motifs is 10. The molecule has 5 spiro atoms. The molecule has 25 rings (SSSR count). The largest absolute Gasteiger partial charge is 0.481 e. The molecule has 10 bridgehead atoms. The molecule has 0 aromatic carbocycles. The molecule has 28 nitrogen and oxygen atoms in total. The standard InChI is InChI=1S/C19H28O8.C17H28O5.C16H26O5.C15H24O5.C15H22O5/c1-10-4-5-13-11(2)16(23-15(22)7-6-14(20)21)24-17-19(13)12(10)8-9-18(3,25-17)26-27-19;1-5-18-14-11(3)13-7-6-10(2)12-8-9-16(4)20-15(19-14)17(12,13)22-21-16;1-9-5-6-12-10(2)13(17-4)18-14-16(12)11(9)7-8-15(3,19-14)20-21-16;2*1-8-4-5-11-9(2)12(16)17-13-15(11)10(8)6-7-14(3,18-13)19-20-15/h10-13,16-17H,4-9H2,1-3H3,(H,20,21);10-15H,5-9H2,1-4H3;9-14H,5-8H2,1-4H3;8-13,16H,4-7H2,1-3H3;8-11,13H,4-7H2,1-3H3/t10-,11-,12+,13+,16?,17-,18-,19-;10-,11-,12+,13+,14+,15-,16+,17-;9-,10-,11+,12+,13+,14-,15-,16-;8-,9-,10+,11+,12?,13-,14-,15-;8-,9-,10+,11+,13-,14-,15-/m11111/s1. The summed E-state index contributed by atoms with van der Waals surface area (Å²) in [5.74, 6) is 0.385. The van der Waals surface area contributed by atoms with Gasteiger partial charge in [-0.25, -0.2) is 48.9 Å². The Balaban J connectivity index is 0.000000105. The Hall–Kier alpha value is -2.47. The lowest BCUT2D eigenvalue weighted by atomic mass is 9.58. The van der Waals surface area contributed by atoms with Crippen molar-refractivity contribution < 1.29 is 135 Å². The molecule has 28 heteroatoms. The minimum absolute atomic E-state index is 0.0379. The van der Waals surface area contributed by atoms with Crippen LogP contribution in [0, 0.1) is 118 Å². The minimum atomic E-state index is -1.03. The zero-order valence-electron chi connectivity index (χ0n) is 68.0. The van der Waals surface area contributed by atoms with E-state index in [1.165, 1.54) is 19.3 Å². The fourth-order valence-electron chi connectivity index (χ4n) is 25.4. The SMILES string of the molecule is CCO[C@H]1O[C@@H]2O[C@]3(C)CC[C@H]4[C@H](C)CC[C@@H]([C@H]1C)[C@@]24OO3.CO[C@H]1O[C@@H]2O[C@@]3(C)CC[C@H]4[C@H](C)CC[C@@H]([C@H]1C)[C@@]24OO3.C[C@@H]1CC[C@H]2[C@@H](C)C(=O)O[C@@H]3O[C@@]4(C)CC[C@@H]1[C@]32OO4.C[C@@H]1CC[C@H]2[C@@H](C)C(O)O[C@@H]3O[C@@]4(C)CC[C@@H]1[C@]32OO4.C[C@@H]1CC[C@H]2[C@@H](C)C(OC(=O)CCC(=O)O)O[C@@H]3O[C@@]4(C)CC[C@@H]1[C@]32OO4. The summed E-state index contributed by atoms with van der Waals surface area (Å²) in [5.41, 5.74) is -2.80. The van der Waals surface area contributed by atoms with Crippen molar-refractivity contribution in [3.05, 3.63) is 0 Å². The van der Waals surface area contributed by atoms with Crippen LogP contribution in [-0.2, 0) is 125 Å². The van der Waals surface area contributed by atoms with Crippen LogP contribution in [0.2, 0.25) is 0 Å². The lowest BCUT2D eigenvalue weighted by Gasteiger charge is -2.60. The van der Waals surface area contributed by atoms with Gasteiger partial charge in [-0.2, -0.15) is 0 Å². The fraction of sp³-hybridized carbons (Fsp3) is 0.963. The topological polar surface area (TPSA) is 304 Å². The second-order valence-corrected chi connectivity index (χ2v) is 38.3. The van der Waals surface area contributed by atoms with E-state index in [1.807, 2.05) is 62.3 Å². The van der Waals surface area contributed by atoms with Crippen molar-refractivity contribution in [1.29, 1.82) is 0 Å². The molecule has 20 heterocycles. The molecule has 25 aliphatic rings. The van der Waals surface area contributed by atoms with Crippen molar-refractivity contribution in [3.8, 4) is 0 Å². The van der Waals surface area contributed by atoms with Gasteiger partial charge in [0, 0.05) is 105 Å². The molecule has 0 aromatic heterocycles. The van der Waals surface area contributed by atoms with Crippen LogP contribution in [0.15, 0.2) is 0 Å². The number of methoxy groups -OCH3 is 1. The molecule has 5 saturated carbocycles. The van der Waals surface area contributed by atoms with E-state index in [2.05, 4.69) is 48.5 Å². The van der Waals surface area contributed by atoms with Crippen LogP contribution in [0.1, 0.15) is 252 Å². The van der Waals surface area contributed by atoms with Crippen LogP contribution < -0.4 is 0 Å². The number of rotatable bonds is 7. The zero-order chi connectivity index (χ0) is 78.0. The van der Waals surface area contributed by atoms with Gasteiger partial charge < -0.3 is 71.8 Å². The Kier molecular flexibility index (Phi) is 22.0. The first-order chi connectivity index (χ1) is 52.2. The summed E-state index contributed by atoms with van der Waals surface area (Å²) >= 11 is 0. The highest BCUT2D eigenvalue weighted by Crippen LogP contribution is 2.67. The summed E-state index contributed by atoms with van der Waals surface area (Å²) in [7, 11) is 1.70. The van der Waals surface area contributed by atoms with E-state index in [1.54, 1.807) is 7.11 Å². The first-order valence-electron chi connectivity index (χ1n) is 42.5. The smallest absolute Gasteiger partial charge is 0.311 e. The number of carboxylic acid groups (broad SMARTS) is 1. The Bertz CT molecular complexity index is 3330. The summed E-state index contributed by atoms with van der Waals surface area (Å²) in [6, 6.07) is 0. The zero-order valence-corrected chi connectivity index (χ0v) is 68.0. The fourth-order valence-corrected chi connectivity index (χ4v) is 25.4. The lowest BCUT2D eigenvalue weighted by Crippen LogP contribution is -2.70. The van der Waals surface area contributed by atoms with E-state index in [9.17, 15) is 19.5 Å². The summed E-state index contributed by atoms with van der Waals surface area (Å²) in [4.78, 5) is 93.5. The molecule has 624 valence electrons. The highest BCUT2D eigenvalue weighted by atomic mass is 17.3. The summed E-state index contributed by atoms with van der Waals surface area (Å²) < 4.78 is 77.5. The number of esters is 2. The number of aliphatic hydroxyl groups is 1. The molecule has 39 atom stereocenters. The monoisotopic (exact) mass is 1560 g/mol. The van der Waals surface area contributed by atoms with Gasteiger partial charge in [-0.1, -0.05) is 69.2 Å². The molecule has 20 aliphatic heterocycles. The van der Waals surface area contributed by atoms with Crippen molar-refractivity contribution in [2.75, 3.05) is 13.7 Å². The number of carboxylic acids is 1. The molecule has 5 aliphatic carbocycles. The third-order valence-electron chi connectivity index (χ3n) is 31.7. The third kappa shape index (κ3) is 13.1. The van der Waals surface area contributed by atoms with E-state index in [0.29, 0.717) is 78.1 Å². The molecule has 20 saturated heterocycles. The molecule has 0 amide bonds. The first-order valence-corrected chi connectivity index (χ1v) is 42.5. The second kappa shape index (κ2) is 29.8. The van der Waals surface area contributed by atoms with E-state index in [-0.39, 0.29) is 90.9 Å². The molecule has 2 unspecified atom stereocenters. The van der Waals surface area contributed by atoms with Crippen molar-refractivity contribution >= 4 is 17.9 Å². The second-order valence-electron chi connectivity index (χ2n) is 38.3. The minimum Gasteiger partial charge on any atom is -0.481 e. The average Bonchev–Trinajstić information content (AvgIpc) is 1.40. The maximum atomic E-state index is 12.1. The Morgan fingerprint density at radius 2 is 0.691 bits per heavy atom. The highest BCUT2D eigenvalue weighted by molar-refractivity contribution is 5.76. The van der Waals surface area contributed by atoms with Crippen molar-refractivity contribution in [2.45, 2.75) is 366 Å². The molecule has 2 N–H and O–H groups in total. The van der Waals surface area contributed by atoms with Gasteiger partial charge in [-0.05, 0) is 191 Å². The summed E-state index contributed by atoms with van der Waals surface area (Å²) in [5, 5.41) is 19.0. The van der Waals surface area contributed by atoms with Crippen LogP contribution in [0.3, 0.4) is 0 Å². The predicted molar refractivity (Wildman–Crippen MR) is 379 cm³/mol. The molecule has 0 radical (unpaired) electrons. The van der Waals surface area contributed by atoms with Gasteiger partial charge in [0.2, 0.25) is 41.5 Å². The Morgan fingerprint density at radius 3 is 1.05 bits per heavy atom. The van der Waals surface area contributed by atoms with E-state index < -0.39 is 107 Å². The Labute approximate surface area is 648 Å². The first kappa shape index (κ1) is 81.3. The van der Waals surface area contributed by atoms with Gasteiger partial charge in [0.05, 0.1) is 18.8 Å². The maximum Gasteiger partial charge on any atom is 0.311 e. The molecule has 0 aromatic rings. The molecular formula is C82H128O28. The van der Waals surface area contributed by atoms with Crippen molar-refractivity contribution in [3.63, 3.8) is 0 Å². The predicted octanol–water partition coefficient (Wildman–Crippen LogP) is 13.3. The number of ether oxygens (including phenoxy) is 13. The number of carbonyl (C=O) groups excluding carboxylic acids is 2. The van der Waals surface area contributed by atoms with Crippen LogP contribution in [0.5, 0.6) is 0 Å². The van der Waals surface area contributed by atoms with Gasteiger partial charge in [-0.3, -0.25) is 14.4 Å². The molecule has 110 heavy (non-hydrogen) atoms. The summed E-state index contributed by atoms with van der Waals surface area (Å²) in [6.45, 7) is 34.0. The molecular weight excluding hydrogens is 1430 g/mol. The van der Waals surface area contributed by atoms with E-state index in [0.717, 1.165) is 103 Å². The average molecular weight is 1560 g/mol. The van der Waals surface area contributed by atoms with Crippen LogP contribution in [0.4, 0.5) is 0 Å². The number of hydrogen-bond acceptors (Lipinski definition) is 27. The van der Waals surface area contributed by atoms with Crippen LogP contribution >= 0.6 is 0 Å². The molecule has 25 fully saturated rings. The van der Waals surface area contributed by atoms with E-state index >= 15 is 0 Å². The van der Waals surface area contributed by atoms with Gasteiger partial charge in [0.15, 0.2) is 72.0 Å². The van der Waals surface area contributed by atoms with Gasteiger partial charge in [0.25, 0.3) is 0 Å². The van der Waals surface area contributed by atoms with E-state index in [4.69, 9.17) is 116 Å². The highest BCUT2D eigenvalue weighted by Gasteiger charge is 2.76. The van der Waals surface area contributed by atoms with Crippen LogP contribution in [-0.4, -0.2) is 155 Å². The van der Waals surface area contributed by atoms with Crippen molar-refractivity contribution in [2.24, 2.45) is 118 Å². The van der Waals surface area contributed by atoms with Crippen molar-refractivity contribution in [1.82, 2.24) is 0 Å². The maximum absolute atomic E-state index is 12.1. The number of carbonyl (C=O) groups is 3. The number of hydrogen-bond donors (Lipinski definition) is 2. The van der Waals surface area contributed by atoms with Crippen LogP contribution in [0.25, 0.3) is 0 Å². The Morgan fingerprint density at radius 1 is 0.382 bits per heavy atom. The quantitative estimate of drug-likeness (QED) is 0.177. The number of aliphatic carboxylic acids is 1. The lowest BCUT2D eigenvalue weighted by molar-refractivity contribution is -0.577. The normalized spacial score (nSPS) is 56.4. The van der Waals surface area contributed by atoms with Gasteiger partial charge >= 0.3 is 17.9 Å². The number of aliphatic hydroxyl groups excluding tert-OH is 1.